The lowest BCUT2D eigenvalue weighted by atomic mass is 10.0. The maximum atomic E-state index is 13.9. The number of halogens is 4. The largest absolute Gasteiger partial charge is 0.486 e. The number of hydrogen-bond donors (Lipinski definition) is 0. The Morgan fingerprint density at radius 3 is 2.24 bits per heavy atom. The van der Waals surface area contributed by atoms with Crippen molar-refractivity contribution in [3.63, 3.8) is 0 Å². The van der Waals surface area contributed by atoms with Crippen molar-refractivity contribution in [1.29, 1.82) is 0 Å². The highest BCUT2D eigenvalue weighted by Gasteiger charge is 2.24. The van der Waals surface area contributed by atoms with E-state index in [2.05, 4.69) is 15.9 Å². The number of fused-ring (bicyclic) bond motifs is 1. The predicted octanol–water partition coefficient (Wildman–Crippen LogP) is 4.83. The smallest absolute Gasteiger partial charge is 0.162 e. The molecule has 3 rings (SSSR count). The van der Waals surface area contributed by atoms with E-state index in [0.717, 1.165) is 0 Å². The standard InChI is InChI=1S/C15H10BrClF2O2/c16-9-7-13-12(20-4-5-21-13)6-8(9)15(17)14-10(18)2-1-3-11(14)19/h1-3,6-7,15H,4-5H2. The van der Waals surface area contributed by atoms with Gasteiger partial charge in [0.25, 0.3) is 0 Å². The summed E-state index contributed by atoms with van der Waals surface area (Å²) in [5.74, 6) is -0.273. The number of alkyl halides is 1. The summed E-state index contributed by atoms with van der Waals surface area (Å²) in [7, 11) is 0. The quantitative estimate of drug-likeness (QED) is 0.700. The van der Waals surface area contributed by atoms with E-state index in [1.54, 1.807) is 12.1 Å². The van der Waals surface area contributed by atoms with Crippen molar-refractivity contribution in [1.82, 2.24) is 0 Å². The van der Waals surface area contributed by atoms with Gasteiger partial charge in [0.05, 0.1) is 5.38 Å². The van der Waals surface area contributed by atoms with Crippen LogP contribution in [0.5, 0.6) is 11.5 Å². The molecular formula is C15H10BrClF2O2. The topological polar surface area (TPSA) is 18.5 Å². The third-order valence-electron chi connectivity index (χ3n) is 3.19. The average molecular weight is 376 g/mol. The van der Waals surface area contributed by atoms with Crippen molar-refractivity contribution in [2.45, 2.75) is 5.38 Å². The molecule has 1 unspecified atom stereocenters. The van der Waals surface area contributed by atoms with Gasteiger partial charge in [-0.25, -0.2) is 8.78 Å². The molecule has 1 aliphatic rings. The van der Waals surface area contributed by atoms with Gasteiger partial charge in [-0.05, 0) is 29.8 Å². The summed E-state index contributed by atoms with van der Waals surface area (Å²) in [4.78, 5) is 0. The highest BCUT2D eigenvalue weighted by Crippen LogP contribution is 2.42. The fraction of sp³-hybridized carbons (Fsp3) is 0.200. The zero-order valence-electron chi connectivity index (χ0n) is 10.7. The van der Waals surface area contributed by atoms with Crippen LogP contribution in [0.3, 0.4) is 0 Å². The van der Waals surface area contributed by atoms with Crippen LogP contribution < -0.4 is 9.47 Å². The first kappa shape index (κ1) is 14.6. The zero-order valence-corrected chi connectivity index (χ0v) is 13.0. The third kappa shape index (κ3) is 2.72. The van der Waals surface area contributed by atoms with Crippen LogP contribution in [0.2, 0.25) is 0 Å². The Morgan fingerprint density at radius 1 is 1.05 bits per heavy atom. The number of hydrogen-bond acceptors (Lipinski definition) is 2. The molecule has 21 heavy (non-hydrogen) atoms. The second-order valence-corrected chi connectivity index (χ2v) is 5.81. The lowest BCUT2D eigenvalue weighted by Gasteiger charge is -2.21. The lowest BCUT2D eigenvalue weighted by Crippen LogP contribution is -2.16. The van der Waals surface area contributed by atoms with E-state index in [1.807, 2.05) is 0 Å². The van der Waals surface area contributed by atoms with Gasteiger partial charge in [-0.1, -0.05) is 22.0 Å². The second-order valence-electron chi connectivity index (χ2n) is 4.52. The molecule has 2 nitrogen and oxygen atoms in total. The summed E-state index contributed by atoms with van der Waals surface area (Å²) in [5, 5.41) is -0.976. The fourth-order valence-corrected chi connectivity index (χ4v) is 3.25. The van der Waals surface area contributed by atoms with Crippen LogP contribution in [0, 0.1) is 11.6 Å². The molecule has 2 aromatic rings. The molecule has 0 radical (unpaired) electrons. The minimum atomic E-state index is -0.976. The molecule has 0 fully saturated rings. The van der Waals surface area contributed by atoms with E-state index in [-0.39, 0.29) is 5.56 Å². The molecule has 0 bridgehead atoms. The van der Waals surface area contributed by atoms with Gasteiger partial charge in [-0.15, -0.1) is 11.6 Å². The Balaban J connectivity index is 2.07. The second kappa shape index (κ2) is 5.81. The van der Waals surface area contributed by atoms with Crippen LogP contribution >= 0.6 is 27.5 Å². The van der Waals surface area contributed by atoms with Crippen molar-refractivity contribution in [3.05, 3.63) is 57.6 Å². The average Bonchev–Trinajstić information content (AvgIpc) is 2.46. The van der Waals surface area contributed by atoms with Crippen LogP contribution in [-0.2, 0) is 0 Å². The van der Waals surface area contributed by atoms with Crippen LogP contribution in [0.25, 0.3) is 0 Å². The summed E-state index contributed by atoms with van der Waals surface area (Å²) in [6, 6.07) is 7.00. The van der Waals surface area contributed by atoms with Gasteiger partial charge in [-0.3, -0.25) is 0 Å². The van der Waals surface area contributed by atoms with Gasteiger partial charge in [0.15, 0.2) is 11.5 Å². The fourth-order valence-electron chi connectivity index (χ4n) is 2.18. The minimum Gasteiger partial charge on any atom is -0.486 e. The maximum Gasteiger partial charge on any atom is 0.162 e. The maximum absolute atomic E-state index is 13.9. The zero-order chi connectivity index (χ0) is 15.0. The molecule has 0 spiro atoms. The van der Waals surface area contributed by atoms with E-state index in [1.165, 1.54) is 18.2 Å². The molecule has 1 heterocycles. The summed E-state index contributed by atoms with van der Waals surface area (Å²) >= 11 is 9.64. The molecule has 1 atom stereocenters. The number of rotatable bonds is 2. The molecular weight excluding hydrogens is 366 g/mol. The number of benzene rings is 2. The first-order valence-corrected chi connectivity index (χ1v) is 7.48. The van der Waals surface area contributed by atoms with Gasteiger partial charge in [0, 0.05) is 10.0 Å². The molecule has 1 aliphatic heterocycles. The van der Waals surface area contributed by atoms with Crippen molar-refractivity contribution in [2.24, 2.45) is 0 Å². The van der Waals surface area contributed by atoms with E-state index in [0.29, 0.717) is 34.7 Å². The van der Waals surface area contributed by atoms with E-state index < -0.39 is 17.0 Å². The Morgan fingerprint density at radius 2 is 1.62 bits per heavy atom. The molecule has 0 N–H and O–H groups in total. The van der Waals surface area contributed by atoms with Gasteiger partial charge in [-0.2, -0.15) is 0 Å². The molecule has 2 aromatic carbocycles. The number of ether oxygens (including phenoxy) is 2. The predicted molar refractivity (Wildman–Crippen MR) is 79.2 cm³/mol. The molecule has 0 aromatic heterocycles. The van der Waals surface area contributed by atoms with Gasteiger partial charge < -0.3 is 9.47 Å². The molecule has 0 saturated carbocycles. The Hall–Kier alpha value is -1.33. The minimum absolute atomic E-state index is 0.184. The Labute approximate surface area is 133 Å². The lowest BCUT2D eigenvalue weighted by molar-refractivity contribution is 0.171. The highest BCUT2D eigenvalue weighted by atomic mass is 79.9. The molecule has 0 saturated heterocycles. The van der Waals surface area contributed by atoms with Gasteiger partial charge in [0.2, 0.25) is 0 Å². The third-order valence-corrected chi connectivity index (χ3v) is 4.33. The van der Waals surface area contributed by atoms with Crippen LogP contribution in [0.1, 0.15) is 16.5 Å². The monoisotopic (exact) mass is 374 g/mol. The summed E-state index contributed by atoms with van der Waals surface area (Å²) in [5.41, 5.74) is 0.335. The van der Waals surface area contributed by atoms with E-state index in [9.17, 15) is 8.78 Å². The molecule has 0 aliphatic carbocycles. The van der Waals surface area contributed by atoms with Crippen molar-refractivity contribution in [3.8, 4) is 11.5 Å². The van der Waals surface area contributed by atoms with Crippen LogP contribution in [0.15, 0.2) is 34.8 Å². The first-order chi connectivity index (χ1) is 10.1. The summed E-state index contributed by atoms with van der Waals surface area (Å²) in [6.07, 6.45) is 0. The SMILES string of the molecule is Fc1cccc(F)c1C(Cl)c1cc2c(cc1Br)OCCO2. The molecule has 6 heteroatoms. The van der Waals surface area contributed by atoms with E-state index >= 15 is 0 Å². The summed E-state index contributed by atoms with van der Waals surface area (Å²) < 4.78 is 39.2. The summed E-state index contributed by atoms with van der Waals surface area (Å²) in [6.45, 7) is 0.889. The highest BCUT2D eigenvalue weighted by molar-refractivity contribution is 9.10. The van der Waals surface area contributed by atoms with Gasteiger partial charge >= 0.3 is 0 Å². The Bertz CT molecular complexity index is 673. The normalized spacial score (nSPS) is 14.9. The van der Waals surface area contributed by atoms with Crippen molar-refractivity contribution >= 4 is 27.5 Å². The van der Waals surface area contributed by atoms with Crippen LogP contribution in [0.4, 0.5) is 8.78 Å². The molecule has 0 amide bonds. The van der Waals surface area contributed by atoms with E-state index in [4.69, 9.17) is 21.1 Å². The van der Waals surface area contributed by atoms with Crippen molar-refractivity contribution < 1.29 is 18.3 Å². The van der Waals surface area contributed by atoms with Crippen LogP contribution in [-0.4, -0.2) is 13.2 Å². The van der Waals surface area contributed by atoms with Crippen molar-refractivity contribution in [2.75, 3.05) is 13.2 Å². The first-order valence-electron chi connectivity index (χ1n) is 6.25. The molecule has 110 valence electrons. The Kier molecular flexibility index (Phi) is 4.04. The van der Waals surface area contributed by atoms with Gasteiger partial charge in [0.1, 0.15) is 24.8 Å².